The maximum atomic E-state index is 13.8. The van der Waals surface area contributed by atoms with E-state index in [1.165, 1.54) is 12.1 Å². The highest BCUT2D eigenvalue weighted by atomic mass is 35.5. The van der Waals surface area contributed by atoms with Crippen molar-refractivity contribution in [2.24, 2.45) is 0 Å². The van der Waals surface area contributed by atoms with Gasteiger partial charge in [-0.3, -0.25) is 4.79 Å². The van der Waals surface area contributed by atoms with E-state index < -0.39 is 5.82 Å². The van der Waals surface area contributed by atoms with E-state index in [-0.39, 0.29) is 17.6 Å². The van der Waals surface area contributed by atoms with Crippen molar-refractivity contribution in [2.45, 2.75) is 26.4 Å². The molecular weight excluding hydrogens is 343 g/mol. The summed E-state index contributed by atoms with van der Waals surface area (Å²) in [6, 6.07) is 11.6. The second-order valence-corrected chi connectivity index (χ2v) is 6.37. The first-order chi connectivity index (χ1) is 11.9. The highest BCUT2D eigenvalue weighted by Crippen LogP contribution is 2.18. The van der Waals surface area contributed by atoms with E-state index in [0.717, 1.165) is 16.2 Å². The smallest absolute Gasteiger partial charge is 0.282 e. The molecule has 0 bridgehead atoms. The lowest BCUT2D eigenvalue weighted by Gasteiger charge is -2.21. The third-order valence-electron chi connectivity index (χ3n) is 4.04. The molecule has 4 nitrogen and oxygen atoms in total. The number of carbonyl (C=O) groups excluding carboxylic acids is 1. The Morgan fingerprint density at radius 3 is 2.56 bits per heavy atom. The van der Waals surface area contributed by atoms with Gasteiger partial charge in [0.25, 0.3) is 5.91 Å². The van der Waals surface area contributed by atoms with Crippen LogP contribution in [0.2, 0.25) is 5.02 Å². The van der Waals surface area contributed by atoms with Gasteiger partial charge in [0.15, 0.2) is 6.04 Å². The molecule has 0 saturated heterocycles. The molecule has 2 rings (SSSR count). The third kappa shape index (κ3) is 5.44. The van der Waals surface area contributed by atoms with Gasteiger partial charge in [-0.2, -0.15) is 0 Å². The van der Waals surface area contributed by atoms with Crippen molar-refractivity contribution < 1.29 is 18.8 Å². The molecule has 0 radical (unpaired) electrons. The Morgan fingerprint density at radius 2 is 1.96 bits per heavy atom. The average molecular weight is 366 g/mol. The molecule has 134 valence electrons. The molecule has 0 aliphatic carbocycles. The van der Waals surface area contributed by atoms with Crippen molar-refractivity contribution in [1.29, 1.82) is 0 Å². The van der Waals surface area contributed by atoms with Crippen LogP contribution in [0, 0.1) is 5.82 Å². The molecule has 0 aliphatic rings. The molecule has 0 fully saturated rings. The number of nitrogens with one attached hydrogen (secondary N) is 2. The summed E-state index contributed by atoms with van der Waals surface area (Å²) in [5.41, 5.74) is 1.23. The van der Waals surface area contributed by atoms with Crippen molar-refractivity contribution >= 4 is 23.2 Å². The zero-order valence-electron chi connectivity index (χ0n) is 14.6. The van der Waals surface area contributed by atoms with Gasteiger partial charge in [-0.05, 0) is 56.3 Å². The van der Waals surface area contributed by atoms with E-state index in [1.807, 2.05) is 45.2 Å². The normalized spacial score (nSPS) is 13.2. The second kappa shape index (κ2) is 8.83. The molecule has 2 N–H and O–H groups in total. The topological polar surface area (TPSA) is 42.8 Å². The van der Waals surface area contributed by atoms with Gasteiger partial charge in [0, 0.05) is 10.6 Å². The molecular formula is C19H23ClFN2O2+. The number of ether oxygens (including phenoxy) is 1. The molecule has 0 spiro atoms. The lowest BCUT2D eigenvalue weighted by Crippen LogP contribution is -3.12. The standard InChI is InChI=1S/C19H22ClFN2O2/c1-4-25-16-8-5-14(6-9-16)12-23(3)13(2)19(24)22-18-10-7-15(20)11-17(18)21/h5-11,13H,4,12H2,1-3H3,(H,22,24)/p+1/t13-/m1/s1. The van der Waals surface area contributed by atoms with Crippen LogP contribution in [-0.4, -0.2) is 25.6 Å². The maximum absolute atomic E-state index is 13.8. The van der Waals surface area contributed by atoms with Gasteiger partial charge >= 0.3 is 0 Å². The Morgan fingerprint density at radius 1 is 1.28 bits per heavy atom. The molecule has 25 heavy (non-hydrogen) atoms. The van der Waals surface area contributed by atoms with Crippen LogP contribution in [0.4, 0.5) is 10.1 Å². The SMILES string of the molecule is CCOc1ccc(C[NH+](C)[C@H](C)C(=O)Nc2ccc(Cl)cc2F)cc1. The lowest BCUT2D eigenvalue weighted by molar-refractivity contribution is -0.907. The number of anilines is 1. The van der Waals surface area contributed by atoms with Gasteiger partial charge < -0.3 is 15.0 Å². The number of quaternary nitrogens is 1. The quantitative estimate of drug-likeness (QED) is 0.792. The van der Waals surface area contributed by atoms with Crippen LogP contribution in [0.25, 0.3) is 0 Å². The van der Waals surface area contributed by atoms with Gasteiger partial charge in [-0.15, -0.1) is 0 Å². The predicted molar refractivity (Wildman–Crippen MR) is 97.7 cm³/mol. The van der Waals surface area contributed by atoms with Crippen molar-refractivity contribution in [2.75, 3.05) is 19.0 Å². The zero-order chi connectivity index (χ0) is 18.4. The molecule has 0 saturated carbocycles. The van der Waals surface area contributed by atoms with Crippen LogP contribution in [0.15, 0.2) is 42.5 Å². The van der Waals surface area contributed by atoms with Gasteiger partial charge in [0.2, 0.25) is 0 Å². The predicted octanol–water partition coefficient (Wildman–Crippen LogP) is 2.92. The fourth-order valence-electron chi connectivity index (χ4n) is 2.40. The minimum atomic E-state index is -0.544. The number of halogens is 2. The van der Waals surface area contributed by atoms with Crippen LogP contribution in [0.3, 0.4) is 0 Å². The number of hydrogen-bond donors (Lipinski definition) is 2. The van der Waals surface area contributed by atoms with Crippen LogP contribution in [0.1, 0.15) is 19.4 Å². The van der Waals surface area contributed by atoms with Gasteiger partial charge in [0.05, 0.1) is 19.3 Å². The van der Waals surface area contributed by atoms with Crippen LogP contribution < -0.4 is 15.0 Å². The maximum Gasteiger partial charge on any atom is 0.282 e. The Kier molecular flexibility index (Phi) is 6.79. The molecule has 2 atom stereocenters. The number of amides is 1. The minimum Gasteiger partial charge on any atom is -0.494 e. The fourth-order valence-corrected chi connectivity index (χ4v) is 2.56. The van der Waals surface area contributed by atoms with Crippen molar-refractivity contribution in [3.05, 3.63) is 58.9 Å². The van der Waals surface area contributed by atoms with E-state index in [4.69, 9.17) is 16.3 Å². The van der Waals surface area contributed by atoms with Crippen LogP contribution in [0.5, 0.6) is 5.75 Å². The summed E-state index contributed by atoms with van der Waals surface area (Å²) >= 11 is 5.72. The molecule has 2 aromatic rings. The summed E-state index contributed by atoms with van der Waals surface area (Å²) in [6.45, 7) is 5.05. The lowest BCUT2D eigenvalue weighted by atomic mass is 10.1. The van der Waals surface area contributed by atoms with E-state index in [1.54, 1.807) is 6.07 Å². The summed E-state index contributed by atoms with van der Waals surface area (Å²) in [5.74, 6) is 0.0368. The minimum absolute atomic E-state index is 0.134. The first-order valence-electron chi connectivity index (χ1n) is 8.20. The first kappa shape index (κ1) is 19.2. The van der Waals surface area contributed by atoms with Crippen molar-refractivity contribution in [3.8, 4) is 5.75 Å². The third-order valence-corrected chi connectivity index (χ3v) is 4.27. The van der Waals surface area contributed by atoms with E-state index in [2.05, 4.69) is 5.32 Å². The molecule has 1 unspecified atom stereocenters. The van der Waals surface area contributed by atoms with Gasteiger partial charge in [-0.1, -0.05) is 11.6 Å². The van der Waals surface area contributed by atoms with E-state index in [9.17, 15) is 9.18 Å². The number of hydrogen-bond acceptors (Lipinski definition) is 2. The summed E-state index contributed by atoms with van der Waals surface area (Å²) in [5, 5.41) is 2.91. The Hall–Kier alpha value is -2.11. The Bertz CT molecular complexity index is 722. The Balaban J connectivity index is 1.96. The molecule has 0 heterocycles. The molecule has 0 aromatic heterocycles. The van der Waals surface area contributed by atoms with E-state index in [0.29, 0.717) is 18.2 Å². The number of benzene rings is 2. The molecule has 1 amide bonds. The van der Waals surface area contributed by atoms with Crippen molar-refractivity contribution in [3.63, 3.8) is 0 Å². The number of carbonyl (C=O) groups is 1. The summed E-state index contributed by atoms with van der Waals surface area (Å²) < 4.78 is 19.2. The highest BCUT2D eigenvalue weighted by molar-refractivity contribution is 6.30. The summed E-state index contributed by atoms with van der Waals surface area (Å²) in [6.07, 6.45) is 0. The number of rotatable bonds is 7. The van der Waals surface area contributed by atoms with Gasteiger partial charge in [-0.25, -0.2) is 4.39 Å². The monoisotopic (exact) mass is 365 g/mol. The summed E-state index contributed by atoms with van der Waals surface area (Å²) in [7, 11) is 1.93. The molecule has 0 aliphatic heterocycles. The largest absolute Gasteiger partial charge is 0.494 e. The van der Waals surface area contributed by atoms with Crippen LogP contribution in [-0.2, 0) is 11.3 Å². The van der Waals surface area contributed by atoms with Crippen LogP contribution >= 0.6 is 11.6 Å². The number of likely N-dealkylation sites (N-methyl/N-ethyl adjacent to an activating group) is 1. The second-order valence-electron chi connectivity index (χ2n) is 5.94. The fraction of sp³-hybridized carbons (Fsp3) is 0.316. The zero-order valence-corrected chi connectivity index (χ0v) is 15.4. The summed E-state index contributed by atoms with van der Waals surface area (Å²) in [4.78, 5) is 13.4. The first-order valence-corrected chi connectivity index (χ1v) is 8.58. The highest BCUT2D eigenvalue weighted by Gasteiger charge is 2.23. The molecule has 2 aromatic carbocycles. The van der Waals surface area contributed by atoms with Gasteiger partial charge in [0.1, 0.15) is 18.1 Å². The average Bonchev–Trinajstić information content (AvgIpc) is 2.58. The molecule has 6 heteroatoms. The van der Waals surface area contributed by atoms with Crippen molar-refractivity contribution in [1.82, 2.24) is 0 Å². The Labute approximate surface area is 152 Å². The van der Waals surface area contributed by atoms with E-state index >= 15 is 0 Å².